The van der Waals surface area contributed by atoms with Crippen molar-refractivity contribution < 1.29 is 18.5 Å². The molecule has 0 atom stereocenters. The van der Waals surface area contributed by atoms with Crippen LogP contribution in [0.3, 0.4) is 0 Å². The van der Waals surface area contributed by atoms with E-state index in [1.807, 2.05) is 0 Å². The van der Waals surface area contributed by atoms with Gasteiger partial charge in [0.05, 0.1) is 16.5 Å². The zero-order valence-corrected chi connectivity index (χ0v) is 10.4. The minimum Gasteiger partial charge on any atom is -0.332 e. The van der Waals surface area contributed by atoms with Crippen LogP contribution in [0.1, 0.15) is 16.8 Å². The van der Waals surface area contributed by atoms with Crippen LogP contribution < -0.4 is 0 Å². The van der Waals surface area contributed by atoms with Crippen LogP contribution >= 0.6 is 11.6 Å². The molecule has 0 unspecified atom stereocenters. The van der Waals surface area contributed by atoms with Crippen molar-refractivity contribution in [3.63, 3.8) is 0 Å². The molecule has 19 heavy (non-hydrogen) atoms. The van der Waals surface area contributed by atoms with Crippen LogP contribution in [0.15, 0.2) is 18.2 Å². The molecule has 0 aromatic heterocycles. The van der Waals surface area contributed by atoms with Gasteiger partial charge >= 0.3 is 0 Å². The molecule has 1 aromatic rings. The molecule has 0 aliphatic carbocycles. The molecule has 0 spiro atoms. The van der Waals surface area contributed by atoms with Gasteiger partial charge in [-0.3, -0.25) is 14.9 Å². The molecule has 0 bridgehead atoms. The van der Waals surface area contributed by atoms with Crippen LogP contribution in [-0.4, -0.2) is 34.7 Å². The van der Waals surface area contributed by atoms with Crippen LogP contribution in [0.4, 0.5) is 14.5 Å². The van der Waals surface area contributed by atoms with Crippen LogP contribution in [0.2, 0.25) is 5.02 Å². The summed E-state index contributed by atoms with van der Waals surface area (Å²) >= 11 is 5.78. The minimum absolute atomic E-state index is 0.116. The number of nitro groups is 1. The smallest absolute Gasteiger partial charge is 0.283 e. The number of nitrogens with zero attached hydrogens (tertiary/aromatic N) is 2. The normalized spacial score (nSPS) is 17.5. The molecule has 0 radical (unpaired) electrons. The van der Waals surface area contributed by atoms with Gasteiger partial charge in [-0.25, -0.2) is 8.78 Å². The van der Waals surface area contributed by atoms with E-state index in [0.717, 1.165) is 11.0 Å². The predicted molar refractivity (Wildman–Crippen MR) is 63.6 cm³/mol. The second-order valence-electron chi connectivity index (χ2n) is 4.22. The molecule has 0 saturated carbocycles. The molecular formula is C11H9ClF2N2O3. The molecule has 1 saturated heterocycles. The lowest BCUT2D eigenvalue weighted by Gasteiger charge is -2.16. The highest BCUT2D eigenvalue weighted by atomic mass is 35.5. The summed E-state index contributed by atoms with van der Waals surface area (Å²) in [6.45, 7) is -0.886. The van der Waals surface area contributed by atoms with E-state index in [2.05, 4.69) is 0 Å². The van der Waals surface area contributed by atoms with Crippen molar-refractivity contribution in [2.45, 2.75) is 12.3 Å². The zero-order chi connectivity index (χ0) is 14.2. The number of alkyl halides is 2. The van der Waals surface area contributed by atoms with Gasteiger partial charge in [-0.05, 0) is 6.07 Å². The molecule has 1 aliphatic rings. The monoisotopic (exact) mass is 290 g/mol. The number of nitro benzene ring substituents is 1. The first-order valence-electron chi connectivity index (χ1n) is 5.42. The lowest BCUT2D eigenvalue weighted by molar-refractivity contribution is -0.385. The standard InChI is InChI=1S/C11H9ClF2N2O3/c12-7-2-1-3-8(16(18)19)9(7)10(17)15-5-4-11(13,14)6-15/h1-3H,4-6H2. The number of amides is 1. The maximum Gasteiger partial charge on any atom is 0.283 e. The van der Waals surface area contributed by atoms with Crippen molar-refractivity contribution in [3.8, 4) is 0 Å². The van der Waals surface area contributed by atoms with E-state index in [0.29, 0.717) is 0 Å². The Morgan fingerprint density at radius 1 is 1.47 bits per heavy atom. The Labute approximate surface area is 111 Å². The molecule has 1 heterocycles. The summed E-state index contributed by atoms with van der Waals surface area (Å²) in [4.78, 5) is 23.1. The summed E-state index contributed by atoms with van der Waals surface area (Å²) in [5, 5.41) is 10.7. The predicted octanol–water partition coefficient (Wildman–Crippen LogP) is 2.73. The first-order valence-corrected chi connectivity index (χ1v) is 5.79. The summed E-state index contributed by atoms with van der Waals surface area (Å²) in [5.41, 5.74) is -0.820. The van der Waals surface area contributed by atoms with Crippen LogP contribution in [0.25, 0.3) is 0 Å². The maximum absolute atomic E-state index is 13.1. The lowest BCUT2D eigenvalue weighted by Crippen LogP contribution is -2.32. The quantitative estimate of drug-likeness (QED) is 0.621. The van der Waals surface area contributed by atoms with Crippen LogP contribution in [-0.2, 0) is 0 Å². The number of carbonyl (C=O) groups excluding carboxylic acids is 1. The fourth-order valence-electron chi connectivity index (χ4n) is 1.94. The summed E-state index contributed by atoms with van der Waals surface area (Å²) in [6.07, 6.45) is -0.447. The number of hydrogen-bond donors (Lipinski definition) is 0. The van der Waals surface area contributed by atoms with E-state index in [1.165, 1.54) is 12.1 Å². The summed E-state index contributed by atoms with van der Waals surface area (Å²) < 4.78 is 26.1. The number of halogens is 3. The Bertz CT molecular complexity index is 551. The fourth-order valence-corrected chi connectivity index (χ4v) is 2.19. The van der Waals surface area contributed by atoms with Crippen molar-refractivity contribution in [1.82, 2.24) is 4.90 Å². The largest absolute Gasteiger partial charge is 0.332 e. The summed E-state index contributed by atoms with van der Waals surface area (Å²) in [6, 6.07) is 3.76. The van der Waals surface area contributed by atoms with Gasteiger partial charge in [0.2, 0.25) is 0 Å². The van der Waals surface area contributed by atoms with Gasteiger partial charge in [-0.2, -0.15) is 0 Å². The van der Waals surface area contributed by atoms with Gasteiger partial charge in [-0.1, -0.05) is 17.7 Å². The average Bonchev–Trinajstić information content (AvgIpc) is 2.68. The Kier molecular flexibility index (Phi) is 3.40. The first kappa shape index (κ1) is 13.7. The summed E-state index contributed by atoms with van der Waals surface area (Å²) in [5.74, 6) is -3.79. The van der Waals surface area contributed by atoms with Crippen molar-refractivity contribution in [2.24, 2.45) is 0 Å². The molecule has 5 nitrogen and oxygen atoms in total. The third kappa shape index (κ3) is 2.65. The Morgan fingerprint density at radius 3 is 2.68 bits per heavy atom. The Morgan fingerprint density at radius 2 is 2.16 bits per heavy atom. The molecule has 2 rings (SSSR count). The third-order valence-electron chi connectivity index (χ3n) is 2.86. The molecule has 1 aliphatic heterocycles. The van der Waals surface area contributed by atoms with Crippen LogP contribution in [0, 0.1) is 10.1 Å². The van der Waals surface area contributed by atoms with Crippen molar-refractivity contribution in [3.05, 3.63) is 38.9 Å². The molecule has 102 valence electrons. The molecular weight excluding hydrogens is 282 g/mol. The van der Waals surface area contributed by atoms with Crippen molar-refractivity contribution >= 4 is 23.2 Å². The summed E-state index contributed by atoms with van der Waals surface area (Å²) in [7, 11) is 0. The highest BCUT2D eigenvalue weighted by Crippen LogP contribution is 2.32. The van der Waals surface area contributed by atoms with E-state index in [4.69, 9.17) is 11.6 Å². The molecule has 1 amide bonds. The number of rotatable bonds is 2. The number of hydrogen-bond acceptors (Lipinski definition) is 3. The average molecular weight is 291 g/mol. The topological polar surface area (TPSA) is 63.4 Å². The molecule has 1 aromatic carbocycles. The van der Waals surface area contributed by atoms with E-state index >= 15 is 0 Å². The molecule has 1 fully saturated rings. The van der Waals surface area contributed by atoms with E-state index in [-0.39, 0.29) is 17.1 Å². The highest BCUT2D eigenvalue weighted by molar-refractivity contribution is 6.34. The number of carbonyl (C=O) groups is 1. The fraction of sp³-hybridized carbons (Fsp3) is 0.364. The zero-order valence-electron chi connectivity index (χ0n) is 9.61. The third-order valence-corrected chi connectivity index (χ3v) is 3.17. The van der Waals surface area contributed by atoms with E-state index in [9.17, 15) is 23.7 Å². The second kappa shape index (κ2) is 4.73. The van der Waals surface area contributed by atoms with Gasteiger partial charge < -0.3 is 4.90 Å². The SMILES string of the molecule is O=C(c1c(Cl)cccc1[N+](=O)[O-])N1CCC(F)(F)C1. The highest BCUT2D eigenvalue weighted by Gasteiger charge is 2.42. The molecule has 0 N–H and O–H groups in total. The van der Waals surface area contributed by atoms with Gasteiger partial charge in [0, 0.05) is 19.0 Å². The van der Waals surface area contributed by atoms with Crippen LogP contribution in [0.5, 0.6) is 0 Å². The van der Waals surface area contributed by atoms with Gasteiger partial charge in [0.15, 0.2) is 0 Å². The Balaban J connectivity index is 2.37. The van der Waals surface area contributed by atoms with Gasteiger partial charge in [0.25, 0.3) is 17.5 Å². The van der Waals surface area contributed by atoms with E-state index < -0.39 is 35.4 Å². The number of benzene rings is 1. The minimum atomic E-state index is -2.95. The van der Waals surface area contributed by atoms with E-state index in [1.54, 1.807) is 0 Å². The van der Waals surface area contributed by atoms with Crippen molar-refractivity contribution in [1.29, 1.82) is 0 Å². The van der Waals surface area contributed by atoms with Gasteiger partial charge in [-0.15, -0.1) is 0 Å². The molecule has 8 heteroatoms. The number of likely N-dealkylation sites (tertiary alicyclic amines) is 1. The lowest BCUT2D eigenvalue weighted by atomic mass is 10.1. The maximum atomic E-state index is 13.1. The second-order valence-corrected chi connectivity index (χ2v) is 4.63. The van der Waals surface area contributed by atoms with Gasteiger partial charge in [0.1, 0.15) is 5.56 Å². The van der Waals surface area contributed by atoms with Crippen molar-refractivity contribution in [2.75, 3.05) is 13.1 Å². The Hall–Kier alpha value is -1.76. The first-order chi connectivity index (χ1) is 8.82.